The molecule has 1 N–H and O–H groups in total. The van der Waals surface area contributed by atoms with E-state index in [1.165, 1.54) is 17.5 Å². The van der Waals surface area contributed by atoms with Gasteiger partial charge in [-0.25, -0.2) is 0 Å². The molecule has 0 aromatic heterocycles. The molecule has 1 aliphatic carbocycles. The molecule has 2 nitrogen and oxygen atoms in total. The molecule has 0 aliphatic heterocycles. The van der Waals surface area contributed by atoms with Crippen LogP contribution in [-0.4, -0.2) is 6.04 Å². The van der Waals surface area contributed by atoms with Gasteiger partial charge in [-0.3, -0.25) is 0 Å². The molecule has 1 fully saturated rings. The number of nitrogens with zero attached hydrogens (tertiary/aromatic N) is 1. The van der Waals surface area contributed by atoms with Gasteiger partial charge < -0.3 is 5.32 Å². The molecule has 19 heavy (non-hydrogen) atoms. The first-order valence-corrected chi connectivity index (χ1v) is 7.37. The van der Waals surface area contributed by atoms with E-state index in [1.807, 2.05) is 0 Å². The molecule has 0 radical (unpaired) electrons. The first-order chi connectivity index (χ1) is 9.11. The maximum absolute atomic E-state index is 9.13. The van der Waals surface area contributed by atoms with E-state index in [2.05, 4.69) is 56.4 Å². The van der Waals surface area contributed by atoms with Crippen molar-refractivity contribution < 1.29 is 0 Å². The van der Waals surface area contributed by atoms with Crippen molar-refractivity contribution in [3.8, 4) is 6.07 Å². The van der Waals surface area contributed by atoms with Crippen molar-refractivity contribution in [2.24, 2.45) is 5.92 Å². The fourth-order valence-corrected chi connectivity index (χ4v) is 2.90. The van der Waals surface area contributed by atoms with E-state index < -0.39 is 0 Å². The fraction of sp³-hybridized carbons (Fsp3) is 0.588. The van der Waals surface area contributed by atoms with Crippen molar-refractivity contribution in [3.05, 3.63) is 35.4 Å². The predicted octanol–water partition coefficient (Wildman–Crippen LogP) is 4.15. The molecule has 1 saturated carbocycles. The van der Waals surface area contributed by atoms with Crippen molar-refractivity contribution in [2.75, 3.05) is 0 Å². The predicted molar refractivity (Wildman–Crippen MR) is 78.8 cm³/mol. The van der Waals surface area contributed by atoms with Crippen molar-refractivity contribution >= 4 is 0 Å². The van der Waals surface area contributed by atoms with Crippen LogP contribution >= 0.6 is 0 Å². The van der Waals surface area contributed by atoms with E-state index in [0.717, 1.165) is 12.8 Å². The summed E-state index contributed by atoms with van der Waals surface area (Å²) in [5.74, 6) is 0.771. The number of nitrogens with one attached hydrogen (secondary N) is 1. The summed E-state index contributed by atoms with van der Waals surface area (Å²) in [5.41, 5.74) is 2.69. The van der Waals surface area contributed by atoms with Crippen LogP contribution < -0.4 is 5.32 Å². The molecule has 3 unspecified atom stereocenters. The normalized spacial score (nSPS) is 24.4. The van der Waals surface area contributed by atoms with Crippen LogP contribution in [0.5, 0.6) is 0 Å². The highest BCUT2D eigenvalue weighted by atomic mass is 15.0. The molecule has 0 amide bonds. The minimum absolute atomic E-state index is 0.192. The van der Waals surface area contributed by atoms with Crippen LogP contribution in [0.15, 0.2) is 24.3 Å². The van der Waals surface area contributed by atoms with E-state index in [-0.39, 0.29) is 5.92 Å². The van der Waals surface area contributed by atoms with Gasteiger partial charge in [-0.05, 0) is 36.8 Å². The quantitative estimate of drug-likeness (QED) is 0.878. The lowest BCUT2D eigenvalue weighted by Gasteiger charge is -2.22. The second-order valence-electron chi connectivity index (χ2n) is 5.98. The standard InChI is InChI=1S/C17H24N2/c1-12(2)14-7-9-15(10-8-14)13(3)19-17-6-4-5-16(17)11-18/h7-10,12-13,16-17,19H,4-6H2,1-3H3. The Morgan fingerprint density at radius 3 is 2.32 bits per heavy atom. The van der Waals surface area contributed by atoms with Crippen LogP contribution in [0.25, 0.3) is 0 Å². The third-order valence-electron chi connectivity index (χ3n) is 4.25. The molecule has 1 aromatic rings. The lowest BCUT2D eigenvalue weighted by atomic mass is 9.98. The van der Waals surface area contributed by atoms with Gasteiger partial charge in [-0.15, -0.1) is 0 Å². The number of nitriles is 1. The molecular formula is C17H24N2. The van der Waals surface area contributed by atoms with Gasteiger partial charge in [0.1, 0.15) is 0 Å². The second kappa shape index (κ2) is 6.21. The van der Waals surface area contributed by atoms with Crippen molar-refractivity contribution in [1.29, 1.82) is 5.26 Å². The zero-order valence-electron chi connectivity index (χ0n) is 12.2. The molecule has 1 aromatic carbocycles. The van der Waals surface area contributed by atoms with Crippen LogP contribution in [0.1, 0.15) is 63.1 Å². The summed E-state index contributed by atoms with van der Waals surface area (Å²) in [5, 5.41) is 12.7. The summed E-state index contributed by atoms with van der Waals surface area (Å²) in [6.45, 7) is 6.62. The smallest absolute Gasteiger partial charge is 0.0672 e. The summed E-state index contributed by atoms with van der Waals surface area (Å²) in [6.07, 6.45) is 3.36. The van der Waals surface area contributed by atoms with Gasteiger partial charge in [-0.2, -0.15) is 5.26 Å². The van der Waals surface area contributed by atoms with Crippen molar-refractivity contribution in [1.82, 2.24) is 5.32 Å². The highest BCUT2D eigenvalue weighted by Crippen LogP contribution is 2.27. The monoisotopic (exact) mass is 256 g/mol. The van der Waals surface area contributed by atoms with Gasteiger partial charge in [0.2, 0.25) is 0 Å². The molecule has 0 bridgehead atoms. The molecule has 0 spiro atoms. The molecule has 1 aliphatic rings. The molecule has 2 heteroatoms. The Morgan fingerprint density at radius 1 is 1.11 bits per heavy atom. The highest BCUT2D eigenvalue weighted by molar-refractivity contribution is 5.26. The van der Waals surface area contributed by atoms with Gasteiger partial charge in [-0.1, -0.05) is 44.5 Å². The van der Waals surface area contributed by atoms with Crippen LogP contribution in [0, 0.1) is 17.2 Å². The first-order valence-electron chi connectivity index (χ1n) is 7.37. The van der Waals surface area contributed by atoms with E-state index in [9.17, 15) is 0 Å². The maximum Gasteiger partial charge on any atom is 0.0672 e. The lowest BCUT2D eigenvalue weighted by Crippen LogP contribution is -2.33. The maximum atomic E-state index is 9.13. The summed E-state index contributed by atoms with van der Waals surface area (Å²) in [6, 6.07) is 12.0. The zero-order chi connectivity index (χ0) is 13.8. The average Bonchev–Trinajstić information content (AvgIpc) is 2.86. The van der Waals surface area contributed by atoms with Gasteiger partial charge in [0.05, 0.1) is 12.0 Å². The van der Waals surface area contributed by atoms with Crippen LogP contribution in [0.2, 0.25) is 0 Å². The van der Waals surface area contributed by atoms with Crippen molar-refractivity contribution in [3.63, 3.8) is 0 Å². The zero-order valence-corrected chi connectivity index (χ0v) is 12.2. The SMILES string of the molecule is CC(C)c1ccc(C(C)NC2CCCC2C#N)cc1. The Labute approximate surface area is 116 Å². The number of hydrogen-bond acceptors (Lipinski definition) is 2. The Bertz CT molecular complexity index is 441. The molecular weight excluding hydrogens is 232 g/mol. The first kappa shape index (κ1) is 14.1. The van der Waals surface area contributed by atoms with Gasteiger partial charge in [0, 0.05) is 12.1 Å². The van der Waals surface area contributed by atoms with Gasteiger partial charge >= 0.3 is 0 Å². The lowest BCUT2D eigenvalue weighted by molar-refractivity contribution is 0.417. The molecule has 2 rings (SSSR count). The highest BCUT2D eigenvalue weighted by Gasteiger charge is 2.28. The number of rotatable bonds is 4. The number of hydrogen-bond donors (Lipinski definition) is 1. The Hall–Kier alpha value is -1.33. The molecule has 0 saturated heterocycles. The summed E-state index contributed by atoms with van der Waals surface area (Å²) < 4.78 is 0. The molecule has 3 atom stereocenters. The Balaban J connectivity index is 2.00. The van der Waals surface area contributed by atoms with E-state index in [1.54, 1.807) is 0 Å². The van der Waals surface area contributed by atoms with Crippen molar-refractivity contribution in [2.45, 2.75) is 58.0 Å². The third kappa shape index (κ3) is 3.36. The molecule has 0 heterocycles. The summed E-state index contributed by atoms with van der Waals surface area (Å²) in [4.78, 5) is 0. The summed E-state index contributed by atoms with van der Waals surface area (Å²) in [7, 11) is 0. The average molecular weight is 256 g/mol. The minimum Gasteiger partial charge on any atom is -0.306 e. The fourth-order valence-electron chi connectivity index (χ4n) is 2.90. The number of benzene rings is 1. The largest absolute Gasteiger partial charge is 0.306 e. The Morgan fingerprint density at radius 2 is 1.74 bits per heavy atom. The second-order valence-corrected chi connectivity index (χ2v) is 5.98. The van der Waals surface area contributed by atoms with E-state index >= 15 is 0 Å². The van der Waals surface area contributed by atoms with Crippen LogP contribution in [0.3, 0.4) is 0 Å². The van der Waals surface area contributed by atoms with E-state index in [4.69, 9.17) is 5.26 Å². The minimum atomic E-state index is 0.192. The molecule has 102 valence electrons. The van der Waals surface area contributed by atoms with Gasteiger partial charge in [0.15, 0.2) is 0 Å². The third-order valence-corrected chi connectivity index (χ3v) is 4.25. The summed E-state index contributed by atoms with van der Waals surface area (Å²) >= 11 is 0. The van der Waals surface area contributed by atoms with Crippen LogP contribution in [-0.2, 0) is 0 Å². The van der Waals surface area contributed by atoms with E-state index in [0.29, 0.717) is 18.0 Å². The Kier molecular flexibility index (Phi) is 4.61. The van der Waals surface area contributed by atoms with Gasteiger partial charge in [0.25, 0.3) is 0 Å². The topological polar surface area (TPSA) is 35.8 Å². The van der Waals surface area contributed by atoms with Crippen LogP contribution in [0.4, 0.5) is 0 Å².